The first kappa shape index (κ1) is 17.7. The van der Waals surface area contributed by atoms with Gasteiger partial charge in [0, 0.05) is 6.20 Å². The molecule has 0 bridgehead atoms. The van der Waals surface area contributed by atoms with Gasteiger partial charge in [-0.1, -0.05) is 38.1 Å². The molecular formula is C18H23N3O3. The lowest BCUT2D eigenvalue weighted by Crippen LogP contribution is -2.43. The summed E-state index contributed by atoms with van der Waals surface area (Å²) in [7, 11) is 0. The van der Waals surface area contributed by atoms with Gasteiger partial charge in [0.05, 0.1) is 5.54 Å². The maximum atomic E-state index is 12.3. The van der Waals surface area contributed by atoms with E-state index >= 15 is 0 Å². The minimum Gasteiger partial charge on any atom is -0.476 e. The van der Waals surface area contributed by atoms with Crippen LogP contribution in [0.4, 0.5) is 0 Å². The van der Waals surface area contributed by atoms with Crippen LogP contribution in [0.25, 0.3) is 0 Å². The average molecular weight is 329 g/mol. The Morgan fingerprint density at radius 2 is 1.92 bits per heavy atom. The zero-order valence-electron chi connectivity index (χ0n) is 14.4. The molecule has 6 nitrogen and oxygen atoms in total. The minimum absolute atomic E-state index is 0.0272. The zero-order valence-corrected chi connectivity index (χ0v) is 14.4. The van der Waals surface area contributed by atoms with E-state index in [1.807, 2.05) is 32.0 Å². The molecule has 2 N–H and O–H groups in total. The highest BCUT2D eigenvalue weighted by atomic mass is 16.4. The number of benzene rings is 1. The van der Waals surface area contributed by atoms with Crippen molar-refractivity contribution in [2.24, 2.45) is 0 Å². The summed E-state index contributed by atoms with van der Waals surface area (Å²) in [6.45, 7) is 8.12. The van der Waals surface area contributed by atoms with Crippen LogP contribution in [-0.2, 0) is 16.9 Å². The van der Waals surface area contributed by atoms with Gasteiger partial charge in [-0.25, -0.2) is 4.79 Å². The molecule has 2 aromatic rings. The average Bonchev–Trinajstić information content (AvgIpc) is 2.95. The van der Waals surface area contributed by atoms with E-state index in [1.165, 1.54) is 22.5 Å². The Balaban J connectivity index is 2.13. The maximum Gasteiger partial charge on any atom is 0.356 e. The lowest BCUT2D eigenvalue weighted by atomic mass is 9.85. The van der Waals surface area contributed by atoms with E-state index in [0.29, 0.717) is 5.92 Å². The first-order valence-corrected chi connectivity index (χ1v) is 7.88. The van der Waals surface area contributed by atoms with E-state index in [4.69, 9.17) is 5.11 Å². The Kier molecular flexibility index (Phi) is 5.07. The fourth-order valence-electron chi connectivity index (χ4n) is 2.74. The van der Waals surface area contributed by atoms with Gasteiger partial charge in [0.1, 0.15) is 6.54 Å². The fourth-order valence-corrected chi connectivity index (χ4v) is 2.74. The molecule has 1 aromatic heterocycles. The highest BCUT2D eigenvalue weighted by molar-refractivity contribution is 5.85. The highest BCUT2D eigenvalue weighted by Gasteiger charge is 2.26. The van der Waals surface area contributed by atoms with Crippen molar-refractivity contribution in [1.29, 1.82) is 0 Å². The second-order valence-corrected chi connectivity index (χ2v) is 6.62. The molecule has 0 aliphatic carbocycles. The van der Waals surface area contributed by atoms with Crippen LogP contribution in [0, 0.1) is 0 Å². The minimum atomic E-state index is -1.11. The lowest BCUT2D eigenvalue weighted by molar-refractivity contribution is -0.123. The Labute approximate surface area is 141 Å². The first-order valence-electron chi connectivity index (χ1n) is 7.88. The number of aromatic carboxylic acids is 1. The number of carbonyl (C=O) groups excluding carboxylic acids is 1. The van der Waals surface area contributed by atoms with Crippen LogP contribution in [0.2, 0.25) is 0 Å². The monoisotopic (exact) mass is 329 g/mol. The second-order valence-electron chi connectivity index (χ2n) is 6.62. The number of hydrogen-bond donors (Lipinski definition) is 2. The van der Waals surface area contributed by atoms with Gasteiger partial charge in [0.15, 0.2) is 5.69 Å². The highest BCUT2D eigenvalue weighted by Crippen LogP contribution is 2.28. The summed E-state index contributed by atoms with van der Waals surface area (Å²) in [5.41, 5.74) is 1.64. The molecule has 24 heavy (non-hydrogen) atoms. The molecule has 128 valence electrons. The summed E-state index contributed by atoms with van der Waals surface area (Å²) in [5.74, 6) is -0.986. The van der Waals surface area contributed by atoms with E-state index in [9.17, 15) is 9.59 Å². The van der Waals surface area contributed by atoms with E-state index in [0.717, 1.165) is 5.56 Å². The molecule has 0 spiro atoms. The van der Waals surface area contributed by atoms with Gasteiger partial charge >= 0.3 is 5.97 Å². The van der Waals surface area contributed by atoms with Crippen LogP contribution < -0.4 is 5.32 Å². The molecule has 0 aliphatic heterocycles. The normalized spacial score (nSPS) is 11.5. The van der Waals surface area contributed by atoms with Crippen molar-refractivity contribution in [2.45, 2.75) is 45.7 Å². The number of nitrogens with zero attached hydrogens (tertiary/aromatic N) is 2. The van der Waals surface area contributed by atoms with E-state index in [-0.39, 0.29) is 18.1 Å². The second kappa shape index (κ2) is 6.86. The lowest BCUT2D eigenvalue weighted by Gasteiger charge is -2.30. The van der Waals surface area contributed by atoms with Crippen LogP contribution in [0.15, 0.2) is 36.5 Å². The number of rotatable bonds is 6. The Hall–Kier alpha value is -2.63. The predicted octanol–water partition coefficient (Wildman–Crippen LogP) is 2.76. The van der Waals surface area contributed by atoms with E-state index < -0.39 is 11.5 Å². The number of carboxylic acids is 1. The Morgan fingerprint density at radius 1 is 1.25 bits per heavy atom. The molecule has 0 saturated carbocycles. The summed E-state index contributed by atoms with van der Waals surface area (Å²) < 4.78 is 1.32. The molecule has 2 rings (SSSR count). The summed E-state index contributed by atoms with van der Waals surface area (Å²) in [6, 6.07) is 9.41. The van der Waals surface area contributed by atoms with Gasteiger partial charge in [0.25, 0.3) is 0 Å². The molecule has 6 heteroatoms. The molecule has 0 radical (unpaired) electrons. The smallest absolute Gasteiger partial charge is 0.356 e. The molecule has 0 aliphatic rings. The quantitative estimate of drug-likeness (QED) is 0.853. The number of nitrogens with one attached hydrogen (secondary N) is 1. The van der Waals surface area contributed by atoms with Crippen molar-refractivity contribution >= 4 is 11.9 Å². The first-order chi connectivity index (χ1) is 11.2. The number of amides is 1. The third-order valence-corrected chi connectivity index (χ3v) is 3.87. The Morgan fingerprint density at radius 3 is 2.50 bits per heavy atom. The Bertz CT molecular complexity index is 747. The van der Waals surface area contributed by atoms with E-state index in [2.05, 4.69) is 30.3 Å². The number of carbonyl (C=O) groups is 2. The topological polar surface area (TPSA) is 84.2 Å². The van der Waals surface area contributed by atoms with Gasteiger partial charge in [0.2, 0.25) is 5.91 Å². The molecular weight excluding hydrogens is 306 g/mol. The molecule has 0 saturated heterocycles. The molecule has 1 aromatic carbocycles. The summed E-state index contributed by atoms with van der Waals surface area (Å²) in [4.78, 5) is 23.2. The standard InChI is InChI=1S/C18H23N3O3/c1-12(2)13-7-5-6-8-14(13)18(3,4)19-16(22)11-21-10-9-15(20-21)17(23)24/h5-10,12H,11H2,1-4H3,(H,19,22)(H,23,24). The van der Waals surface area contributed by atoms with Crippen molar-refractivity contribution in [2.75, 3.05) is 0 Å². The van der Waals surface area contributed by atoms with Crippen LogP contribution >= 0.6 is 0 Å². The van der Waals surface area contributed by atoms with Crippen LogP contribution in [-0.4, -0.2) is 26.8 Å². The SMILES string of the molecule is CC(C)c1ccccc1C(C)(C)NC(=O)Cn1ccc(C(=O)O)n1. The third kappa shape index (κ3) is 4.01. The van der Waals surface area contributed by atoms with Crippen molar-refractivity contribution in [3.8, 4) is 0 Å². The van der Waals surface area contributed by atoms with Gasteiger partial charge < -0.3 is 10.4 Å². The summed E-state index contributed by atoms with van der Waals surface area (Å²) in [6.07, 6.45) is 1.48. The van der Waals surface area contributed by atoms with Gasteiger partial charge in [-0.2, -0.15) is 5.10 Å². The molecule has 0 atom stereocenters. The van der Waals surface area contributed by atoms with Crippen LogP contribution in [0.5, 0.6) is 0 Å². The molecule has 0 fully saturated rings. The largest absolute Gasteiger partial charge is 0.476 e. The molecule has 0 unspecified atom stereocenters. The number of carboxylic acid groups (broad SMARTS) is 1. The van der Waals surface area contributed by atoms with Crippen molar-refractivity contribution in [3.05, 3.63) is 53.3 Å². The van der Waals surface area contributed by atoms with Crippen LogP contribution in [0.1, 0.15) is 55.2 Å². The predicted molar refractivity (Wildman–Crippen MR) is 90.9 cm³/mol. The summed E-state index contributed by atoms with van der Waals surface area (Å²) in [5, 5.41) is 15.7. The van der Waals surface area contributed by atoms with Crippen LogP contribution in [0.3, 0.4) is 0 Å². The van der Waals surface area contributed by atoms with Gasteiger partial charge in [-0.3, -0.25) is 9.48 Å². The van der Waals surface area contributed by atoms with Gasteiger partial charge in [-0.05, 0) is 37.0 Å². The third-order valence-electron chi connectivity index (χ3n) is 3.87. The zero-order chi connectivity index (χ0) is 17.9. The maximum absolute atomic E-state index is 12.3. The number of aromatic nitrogens is 2. The van der Waals surface area contributed by atoms with Crippen molar-refractivity contribution < 1.29 is 14.7 Å². The fraction of sp³-hybridized carbons (Fsp3) is 0.389. The van der Waals surface area contributed by atoms with Crippen molar-refractivity contribution in [1.82, 2.24) is 15.1 Å². The summed E-state index contributed by atoms with van der Waals surface area (Å²) >= 11 is 0. The number of hydrogen-bond acceptors (Lipinski definition) is 3. The molecule has 1 amide bonds. The van der Waals surface area contributed by atoms with Gasteiger partial charge in [-0.15, -0.1) is 0 Å². The van der Waals surface area contributed by atoms with E-state index in [1.54, 1.807) is 0 Å². The van der Waals surface area contributed by atoms with Crippen molar-refractivity contribution in [3.63, 3.8) is 0 Å². The molecule has 1 heterocycles.